The average molecular weight is 303 g/mol. The highest BCUT2D eigenvalue weighted by atomic mass is 79.9. The molecule has 0 aliphatic rings. The number of halogens is 1. The van der Waals surface area contributed by atoms with Crippen molar-refractivity contribution in [3.05, 3.63) is 21.3 Å². The Balaban J connectivity index is 2.20. The first-order valence-electron chi connectivity index (χ1n) is 4.63. The Morgan fingerprint density at radius 2 is 2.20 bits per heavy atom. The summed E-state index contributed by atoms with van der Waals surface area (Å²) in [6, 6.07) is 4.57. The molecule has 2 nitrogen and oxygen atoms in total. The van der Waals surface area contributed by atoms with Gasteiger partial charge in [-0.05, 0) is 41.9 Å². The van der Waals surface area contributed by atoms with Crippen molar-refractivity contribution >= 4 is 43.7 Å². The highest BCUT2D eigenvalue weighted by Crippen LogP contribution is 2.33. The summed E-state index contributed by atoms with van der Waals surface area (Å²) in [6.07, 6.45) is 0. The quantitative estimate of drug-likeness (QED) is 0.906. The molecule has 2 aromatic rings. The topological polar surface area (TPSA) is 24.9 Å². The fraction of sp³-hybridized carbons (Fsp3) is 0.300. The van der Waals surface area contributed by atoms with Crippen molar-refractivity contribution in [2.45, 2.75) is 19.9 Å². The zero-order valence-corrected chi connectivity index (χ0v) is 11.7. The molecule has 1 N–H and O–H groups in total. The van der Waals surface area contributed by atoms with Crippen LogP contribution < -0.4 is 5.32 Å². The second-order valence-corrected chi connectivity index (χ2v) is 6.76. The molecule has 5 heteroatoms. The monoisotopic (exact) mass is 302 g/mol. The van der Waals surface area contributed by atoms with Gasteiger partial charge in [0.1, 0.15) is 0 Å². The smallest absolute Gasteiger partial charge is 0.183 e. The van der Waals surface area contributed by atoms with Gasteiger partial charge in [0.25, 0.3) is 0 Å². The molecule has 0 amide bonds. The maximum Gasteiger partial charge on any atom is 0.183 e. The van der Waals surface area contributed by atoms with Crippen LogP contribution in [-0.2, 0) is 0 Å². The maximum absolute atomic E-state index is 4.53. The Hall–Kier alpha value is -0.390. The van der Waals surface area contributed by atoms with Gasteiger partial charge in [-0.25, -0.2) is 4.98 Å². The molecule has 0 radical (unpaired) electrons. The van der Waals surface area contributed by atoms with E-state index in [1.807, 2.05) is 0 Å². The number of thiazole rings is 1. The van der Waals surface area contributed by atoms with Crippen LogP contribution in [-0.4, -0.2) is 11.0 Å². The molecule has 15 heavy (non-hydrogen) atoms. The lowest BCUT2D eigenvalue weighted by Gasteiger charge is -2.04. The number of nitrogens with zero attached hydrogens (tertiary/aromatic N) is 1. The Bertz CT molecular complexity index is 448. The van der Waals surface area contributed by atoms with Gasteiger partial charge in [0.15, 0.2) is 5.13 Å². The predicted octanol–water partition coefficient (Wildman–Crippen LogP) is 4.45. The Labute approximate surface area is 106 Å². The molecule has 0 saturated heterocycles. The first kappa shape index (κ1) is 11.1. The van der Waals surface area contributed by atoms with Crippen LogP contribution in [0, 0.1) is 0 Å². The molecule has 2 rings (SSSR count). The van der Waals surface area contributed by atoms with Gasteiger partial charge in [-0.15, -0.1) is 22.7 Å². The van der Waals surface area contributed by atoms with E-state index in [2.05, 4.69) is 57.6 Å². The fourth-order valence-corrected chi connectivity index (χ4v) is 3.43. The maximum atomic E-state index is 4.53. The summed E-state index contributed by atoms with van der Waals surface area (Å²) in [5, 5.41) is 6.38. The Morgan fingerprint density at radius 3 is 2.80 bits per heavy atom. The number of anilines is 1. The van der Waals surface area contributed by atoms with Crippen molar-refractivity contribution < 1.29 is 0 Å². The van der Waals surface area contributed by atoms with E-state index in [0.29, 0.717) is 6.04 Å². The fourth-order valence-electron chi connectivity index (χ4n) is 1.15. The first-order chi connectivity index (χ1) is 7.15. The SMILES string of the molecule is CC(C)Nc1nc(-c2ccc(Br)s2)cs1. The van der Waals surface area contributed by atoms with Crippen molar-refractivity contribution in [2.24, 2.45) is 0 Å². The van der Waals surface area contributed by atoms with Gasteiger partial charge in [-0.1, -0.05) is 0 Å². The molecule has 0 aliphatic heterocycles. The van der Waals surface area contributed by atoms with E-state index in [0.717, 1.165) is 14.6 Å². The molecule has 0 saturated carbocycles. The van der Waals surface area contributed by atoms with Crippen LogP contribution >= 0.6 is 38.6 Å². The third-order valence-corrected chi connectivity index (χ3v) is 4.16. The molecule has 2 aromatic heterocycles. The third kappa shape index (κ3) is 2.80. The minimum atomic E-state index is 0.430. The molecule has 0 aromatic carbocycles. The molecule has 2 heterocycles. The largest absolute Gasteiger partial charge is 0.359 e. The minimum absolute atomic E-state index is 0.430. The first-order valence-corrected chi connectivity index (χ1v) is 7.12. The summed E-state index contributed by atoms with van der Waals surface area (Å²) in [6.45, 7) is 4.23. The number of hydrogen-bond donors (Lipinski definition) is 1. The highest BCUT2D eigenvalue weighted by Gasteiger charge is 2.07. The summed E-state index contributed by atoms with van der Waals surface area (Å²) in [5.41, 5.74) is 1.05. The van der Waals surface area contributed by atoms with Crippen molar-refractivity contribution in [3.8, 4) is 10.6 Å². The van der Waals surface area contributed by atoms with Crippen molar-refractivity contribution in [3.63, 3.8) is 0 Å². The lowest BCUT2D eigenvalue weighted by Crippen LogP contribution is -2.08. The van der Waals surface area contributed by atoms with E-state index >= 15 is 0 Å². The number of aromatic nitrogens is 1. The van der Waals surface area contributed by atoms with Gasteiger partial charge in [0.05, 0.1) is 14.4 Å². The van der Waals surface area contributed by atoms with Crippen LogP contribution in [0.3, 0.4) is 0 Å². The predicted molar refractivity (Wildman–Crippen MR) is 71.9 cm³/mol. The number of hydrogen-bond acceptors (Lipinski definition) is 4. The van der Waals surface area contributed by atoms with Crippen LogP contribution in [0.5, 0.6) is 0 Å². The van der Waals surface area contributed by atoms with Gasteiger partial charge in [0.2, 0.25) is 0 Å². The number of thiophene rings is 1. The van der Waals surface area contributed by atoms with Crippen LogP contribution in [0.1, 0.15) is 13.8 Å². The number of rotatable bonds is 3. The van der Waals surface area contributed by atoms with Gasteiger partial charge in [-0.2, -0.15) is 0 Å². The van der Waals surface area contributed by atoms with E-state index in [9.17, 15) is 0 Å². The summed E-state index contributed by atoms with van der Waals surface area (Å²) in [5.74, 6) is 0. The zero-order valence-electron chi connectivity index (χ0n) is 8.45. The molecule has 0 bridgehead atoms. The van der Waals surface area contributed by atoms with E-state index in [-0.39, 0.29) is 0 Å². The lowest BCUT2D eigenvalue weighted by molar-refractivity contribution is 0.897. The van der Waals surface area contributed by atoms with Gasteiger partial charge >= 0.3 is 0 Å². The molecule has 0 unspecified atom stereocenters. The Morgan fingerprint density at radius 1 is 1.40 bits per heavy atom. The standard InChI is InChI=1S/C10H11BrN2S2/c1-6(2)12-10-13-7(5-14-10)8-3-4-9(11)15-8/h3-6H,1-2H3,(H,12,13). The van der Waals surface area contributed by atoms with E-state index in [1.165, 1.54) is 4.88 Å². The molecule has 0 aliphatic carbocycles. The van der Waals surface area contributed by atoms with Crippen molar-refractivity contribution in [1.82, 2.24) is 4.98 Å². The normalized spacial score (nSPS) is 10.9. The second-order valence-electron chi connectivity index (χ2n) is 3.44. The summed E-state index contributed by atoms with van der Waals surface area (Å²) >= 11 is 6.81. The van der Waals surface area contributed by atoms with Crippen molar-refractivity contribution in [2.75, 3.05) is 5.32 Å². The Kier molecular flexibility index (Phi) is 3.43. The van der Waals surface area contributed by atoms with Crippen LogP contribution in [0.4, 0.5) is 5.13 Å². The average Bonchev–Trinajstić information content (AvgIpc) is 2.72. The molecule has 0 fully saturated rings. The molecular formula is C10H11BrN2S2. The second kappa shape index (κ2) is 4.63. The van der Waals surface area contributed by atoms with Crippen LogP contribution in [0.15, 0.2) is 21.3 Å². The van der Waals surface area contributed by atoms with E-state index < -0.39 is 0 Å². The zero-order chi connectivity index (χ0) is 10.8. The summed E-state index contributed by atoms with van der Waals surface area (Å²) in [7, 11) is 0. The van der Waals surface area contributed by atoms with Gasteiger partial charge < -0.3 is 5.32 Å². The van der Waals surface area contributed by atoms with Crippen LogP contribution in [0.2, 0.25) is 0 Å². The molecular weight excluding hydrogens is 292 g/mol. The third-order valence-electron chi connectivity index (χ3n) is 1.74. The van der Waals surface area contributed by atoms with Crippen molar-refractivity contribution in [1.29, 1.82) is 0 Å². The highest BCUT2D eigenvalue weighted by molar-refractivity contribution is 9.11. The van der Waals surface area contributed by atoms with E-state index in [1.54, 1.807) is 22.7 Å². The summed E-state index contributed by atoms with van der Waals surface area (Å²) in [4.78, 5) is 5.73. The number of nitrogens with one attached hydrogen (secondary N) is 1. The lowest BCUT2D eigenvalue weighted by atomic mass is 10.4. The summed E-state index contributed by atoms with van der Waals surface area (Å²) < 4.78 is 1.14. The van der Waals surface area contributed by atoms with E-state index in [4.69, 9.17) is 0 Å². The van der Waals surface area contributed by atoms with Gasteiger partial charge in [-0.3, -0.25) is 0 Å². The minimum Gasteiger partial charge on any atom is -0.359 e. The van der Waals surface area contributed by atoms with Gasteiger partial charge in [0, 0.05) is 11.4 Å². The molecule has 80 valence electrons. The molecule has 0 spiro atoms. The molecule has 0 atom stereocenters. The van der Waals surface area contributed by atoms with Crippen LogP contribution in [0.25, 0.3) is 10.6 Å².